The zero-order valence-electron chi connectivity index (χ0n) is 10.3. The molecule has 0 amide bonds. The van der Waals surface area contributed by atoms with Crippen LogP contribution in [-0.2, 0) is 0 Å². The largest absolute Gasteiger partial charge is 0.435 e. The number of fused-ring (bicyclic) bond motifs is 1. The topological polar surface area (TPSA) is 103 Å². The molecule has 0 unspecified atom stereocenters. The van der Waals surface area contributed by atoms with Gasteiger partial charge in [0.2, 0.25) is 5.89 Å². The molecular weight excluding hydrogens is 256 g/mol. The molecule has 0 atom stereocenters. The van der Waals surface area contributed by atoms with E-state index in [9.17, 15) is 0 Å². The number of hydrogen-bond acceptors (Lipinski definition) is 6. The molecule has 0 aliphatic heterocycles. The Morgan fingerprint density at radius 2 is 2.15 bits per heavy atom. The maximum Gasteiger partial charge on any atom is 0.240 e. The van der Waals surface area contributed by atoms with E-state index >= 15 is 0 Å². The Labute approximate surface area is 113 Å². The number of benzene rings is 1. The Morgan fingerprint density at radius 3 is 2.95 bits per heavy atom. The molecule has 0 saturated heterocycles. The Kier molecular flexibility index (Phi) is 3.15. The zero-order chi connectivity index (χ0) is 13.8. The van der Waals surface area contributed by atoms with Crippen LogP contribution in [0.2, 0.25) is 0 Å². The number of oxazole rings is 1. The molecule has 2 N–H and O–H groups in total. The first kappa shape index (κ1) is 12.0. The van der Waals surface area contributed by atoms with Crippen LogP contribution < -0.4 is 5.73 Å². The van der Waals surface area contributed by atoms with Gasteiger partial charge >= 0.3 is 0 Å². The predicted molar refractivity (Wildman–Crippen MR) is 74.4 cm³/mol. The van der Waals surface area contributed by atoms with Crippen molar-refractivity contribution in [2.45, 2.75) is 0 Å². The summed E-state index contributed by atoms with van der Waals surface area (Å²) in [5, 5.41) is 7.65. The minimum atomic E-state index is 0.172. The third kappa shape index (κ3) is 2.51. The van der Waals surface area contributed by atoms with Crippen molar-refractivity contribution in [2.75, 3.05) is 0 Å². The fourth-order valence-electron chi connectivity index (χ4n) is 1.57. The van der Waals surface area contributed by atoms with Crippen molar-refractivity contribution in [3.05, 3.63) is 54.4 Å². The molecule has 0 aliphatic rings. The van der Waals surface area contributed by atoms with E-state index in [-0.39, 0.29) is 5.84 Å². The van der Waals surface area contributed by atoms with Crippen LogP contribution in [0, 0.1) is 0 Å². The average molecular weight is 266 g/mol. The second-order valence-corrected chi connectivity index (χ2v) is 3.84. The molecule has 0 fully saturated rings. The standard InChI is InChI=1S/C13H10N6O/c14-13(10-7-15-5-6-16-10)19-17-8-12-18-9-3-1-2-4-11(9)20-12/h1-8H,(H2,14,19)/b17-8+. The fraction of sp³-hybridized carbons (Fsp3) is 0. The lowest BCUT2D eigenvalue weighted by molar-refractivity contribution is 0.593. The normalized spacial score (nSPS) is 12.3. The van der Waals surface area contributed by atoms with Crippen LogP contribution in [0.5, 0.6) is 0 Å². The lowest BCUT2D eigenvalue weighted by Crippen LogP contribution is -2.14. The van der Waals surface area contributed by atoms with E-state index in [1.165, 1.54) is 18.6 Å². The van der Waals surface area contributed by atoms with Crippen molar-refractivity contribution in [1.82, 2.24) is 15.0 Å². The summed E-state index contributed by atoms with van der Waals surface area (Å²) in [6, 6.07) is 7.44. The summed E-state index contributed by atoms with van der Waals surface area (Å²) in [6.45, 7) is 0. The van der Waals surface area contributed by atoms with Crippen molar-refractivity contribution >= 4 is 23.1 Å². The van der Waals surface area contributed by atoms with E-state index in [2.05, 4.69) is 25.2 Å². The third-order valence-corrected chi connectivity index (χ3v) is 2.47. The Morgan fingerprint density at radius 1 is 1.25 bits per heavy atom. The van der Waals surface area contributed by atoms with Crippen molar-refractivity contribution in [3.8, 4) is 0 Å². The van der Waals surface area contributed by atoms with Gasteiger partial charge in [0.05, 0.1) is 6.20 Å². The smallest absolute Gasteiger partial charge is 0.240 e. The molecule has 7 nitrogen and oxygen atoms in total. The molecule has 3 aromatic rings. The van der Waals surface area contributed by atoms with Crippen LogP contribution in [0.3, 0.4) is 0 Å². The minimum Gasteiger partial charge on any atom is -0.435 e. The van der Waals surface area contributed by atoms with Gasteiger partial charge in [-0.3, -0.25) is 4.98 Å². The van der Waals surface area contributed by atoms with E-state index in [1.54, 1.807) is 6.20 Å². The number of nitrogens with two attached hydrogens (primary N) is 1. The van der Waals surface area contributed by atoms with Gasteiger partial charge in [0.25, 0.3) is 0 Å². The summed E-state index contributed by atoms with van der Waals surface area (Å²) in [5.41, 5.74) is 7.64. The van der Waals surface area contributed by atoms with Gasteiger partial charge in [0.15, 0.2) is 11.4 Å². The number of rotatable bonds is 3. The highest BCUT2D eigenvalue weighted by atomic mass is 16.3. The van der Waals surface area contributed by atoms with Crippen molar-refractivity contribution in [2.24, 2.45) is 15.9 Å². The molecule has 20 heavy (non-hydrogen) atoms. The summed E-state index contributed by atoms with van der Waals surface area (Å²) >= 11 is 0. The van der Waals surface area contributed by atoms with E-state index in [1.807, 2.05) is 24.3 Å². The van der Waals surface area contributed by atoms with Crippen LogP contribution in [0.1, 0.15) is 11.6 Å². The second-order valence-electron chi connectivity index (χ2n) is 3.84. The molecule has 0 radical (unpaired) electrons. The minimum absolute atomic E-state index is 0.172. The van der Waals surface area contributed by atoms with E-state index in [0.717, 1.165) is 5.52 Å². The molecule has 7 heteroatoms. The lowest BCUT2D eigenvalue weighted by atomic mass is 10.3. The molecular formula is C13H10N6O. The van der Waals surface area contributed by atoms with Gasteiger partial charge in [0.1, 0.15) is 17.4 Å². The van der Waals surface area contributed by atoms with Gasteiger partial charge in [-0.1, -0.05) is 12.1 Å². The number of hydrogen-bond donors (Lipinski definition) is 1. The third-order valence-electron chi connectivity index (χ3n) is 2.47. The Hall–Kier alpha value is -3.09. The van der Waals surface area contributed by atoms with Crippen LogP contribution in [0.25, 0.3) is 11.1 Å². The molecule has 2 aromatic heterocycles. The zero-order valence-corrected chi connectivity index (χ0v) is 10.3. The number of nitrogens with zero attached hydrogens (tertiary/aromatic N) is 5. The molecule has 1 aromatic carbocycles. The maximum absolute atomic E-state index is 5.72. The molecule has 2 heterocycles. The van der Waals surface area contributed by atoms with Crippen LogP contribution in [0.4, 0.5) is 0 Å². The van der Waals surface area contributed by atoms with Crippen LogP contribution in [-0.4, -0.2) is 27.0 Å². The molecule has 0 saturated carbocycles. The monoisotopic (exact) mass is 266 g/mol. The average Bonchev–Trinajstić information content (AvgIpc) is 2.90. The molecule has 3 rings (SSSR count). The van der Waals surface area contributed by atoms with Gasteiger partial charge < -0.3 is 10.2 Å². The molecule has 0 aliphatic carbocycles. The summed E-state index contributed by atoms with van der Waals surface area (Å²) in [4.78, 5) is 12.1. The Bertz CT molecular complexity index is 745. The number of aromatic nitrogens is 3. The van der Waals surface area contributed by atoms with Gasteiger partial charge in [0, 0.05) is 12.4 Å². The van der Waals surface area contributed by atoms with Gasteiger partial charge in [-0.25, -0.2) is 9.97 Å². The number of amidine groups is 1. The molecule has 0 spiro atoms. The van der Waals surface area contributed by atoms with Gasteiger partial charge in [-0.05, 0) is 12.1 Å². The predicted octanol–water partition coefficient (Wildman–Crippen LogP) is 1.36. The Balaban J connectivity index is 1.80. The van der Waals surface area contributed by atoms with E-state index in [4.69, 9.17) is 10.2 Å². The first-order valence-corrected chi connectivity index (χ1v) is 5.81. The van der Waals surface area contributed by atoms with Crippen molar-refractivity contribution in [3.63, 3.8) is 0 Å². The summed E-state index contributed by atoms with van der Waals surface area (Å²) < 4.78 is 5.46. The van der Waals surface area contributed by atoms with E-state index in [0.29, 0.717) is 17.2 Å². The summed E-state index contributed by atoms with van der Waals surface area (Å²) in [5.74, 6) is 0.535. The van der Waals surface area contributed by atoms with E-state index < -0.39 is 0 Å². The maximum atomic E-state index is 5.72. The quantitative estimate of drug-likeness (QED) is 0.438. The van der Waals surface area contributed by atoms with Gasteiger partial charge in [-0.15, -0.1) is 5.10 Å². The SMILES string of the molecule is N/C(=N/N=C/c1nc2ccccc2o1)c1cnccn1. The van der Waals surface area contributed by atoms with Crippen molar-refractivity contribution < 1.29 is 4.42 Å². The highest BCUT2D eigenvalue weighted by Gasteiger charge is 2.02. The fourth-order valence-corrected chi connectivity index (χ4v) is 1.57. The summed E-state index contributed by atoms with van der Waals surface area (Å²) in [7, 11) is 0. The summed E-state index contributed by atoms with van der Waals surface area (Å²) in [6.07, 6.45) is 5.98. The first-order chi connectivity index (χ1) is 9.83. The van der Waals surface area contributed by atoms with Gasteiger partial charge in [-0.2, -0.15) is 5.10 Å². The molecule has 0 bridgehead atoms. The van der Waals surface area contributed by atoms with Crippen LogP contribution in [0.15, 0.2) is 57.5 Å². The lowest BCUT2D eigenvalue weighted by Gasteiger charge is -1.94. The highest BCUT2D eigenvalue weighted by Crippen LogP contribution is 2.13. The number of para-hydroxylation sites is 2. The van der Waals surface area contributed by atoms with Crippen molar-refractivity contribution in [1.29, 1.82) is 0 Å². The second kappa shape index (κ2) is 5.27. The van der Waals surface area contributed by atoms with Crippen LogP contribution >= 0.6 is 0 Å². The highest BCUT2D eigenvalue weighted by molar-refractivity contribution is 5.95. The first-order valence-electron chi connectivity index (χ1n) is 5.81. The molecule has 98 valence electrons.